The highest BCUT2D eigenvalue weighted by Gasteiger charge is 2.34. The molecule has 0 saturated heterocycles. The van der Waals surface area contributed by atoms with Gasteiger partial charge in [0.25, 0.3) is 11.8 Å². The predicted octanol–water partition coefficient (Wildman–Crippen LogP) is 4.69. The van der Waals surface area contributed by atoms with Crippen molar-refractivity contribution >= 4 is 17.9 Å². The van der Waals surface area contributed by atoms with Crippen LogP contribution in [0.4, 0.5) is 4.79 Å². The average Bonchev–Trinajstić information content (AvgIpc) is 3.06. The van der Waals surface area contributed by atoms with Gasteiger partial charge in [-0.1, -0.05) is 56.3 Å². The molecule has 1 aliphatic heterocycles. The van der Waals surface area contributed by atoms with Gasteiger partial charge >= 0.3 is 6.09 Å². The first kappa shape index (κ1) is 27.0. The molecule has 0 fully saturated rings. The summed E-state index contributed by atoms with van der Waals surface area (Å²) in [6, 6.07) is 16.2. The van der Waals surface area contributed by atoms with E-state index in [4.69, 9.17) is 14.3 Å². The van der Waals surface area contributed by atoms with Crippen LogP contribution >= 0.6 is 0 Å². The molecule has 2 aromatic rings. The molecule has 0 bridgehead atoms. The van der Waals surface area contributed by atoms with Crippen LogP contribution in [0.5, 0.6) is 0 Å². The van der Waals surface area contributed by atoms with Crippen LogP contribution in [0.15, 0.2) is 54.6 Å². The second kappa shape index (κ2) is 12.9. The largest absolute Gasteiger partial charge is 0.442 e. The van der Waals surface area contributed by atoms with E-state index >= 15 is 0 Å². The number of benzene rings is 2. The fourth-order valence-electron chi connectivity index (χ4n) is 3.10. The molecule has 0 N–H and O–H groups in total. The van der Waals surface area contributed by atoms with Crippen molar-refractivity contribution in [2.24, 2.45) is 0 Å². The van der Waals surface area contributed by atoms with Gasteiger partial charge < -0.3 is 9.47 Å². The molecular weight excluding hydrogens is 436 g/mol. The van der Waals surface area contributed by atoms with E-state index in [-0.39, 0.29) is 44.7 Å². The number of hydrogen-bond acceptors (Lipinski definition) is 6. The Bertz CT molecular complexity index is 920. The van der Waals surface area contributed by atoms with Crippen LogP contribution < -0.4 is 0 Å². The number of carbonyl (C=O) groups is 3. The summed E-state index contributed by atoms with van der Waals surface area (Å²) in [5.41, 5.74) is 1.05. The molecule has 0 aliphatic carbocycles. The normalized spacial score (nSPS) is 12.7. The second-order valence-corrected chi connectivity index (χ2v) is 8.26. The van der Waals surface area contributed by atoms with E-state index in [0.29, 0.717) is 11.1 Å². The van der Waals surface area contributed by atoms with Gasteiger partial charge in [0, 0.05) is 0 Å². The van der Waals surface area contributed by atoms with Gasteiger partial charge in [0.15, 0.2) is 0 Å². The summed E-state index contributed by atoms with van der Waals surface area (Å²) >= 11 is 0. The lowest BCUT2D eigenvalue weighted by Crippen LogP contribution is -2.39. The number of hydrogen-bond donors (Lipinski definition) is 0. The molecule has 0 unspecified atom stereocenters. The van der Waals surface area contributed by atoms with Gasteiger partial charge in [0.2, 0.25) is 0 Å². The van der Waals surface area contributed by atoms with Gasteiger partial charge in [-0.05, 0) is 38.5 Å². The minimum atomic E-state index is -0.669. The monoisotopic (exact) mass is 470 g/mol. The standard InChI is InChI=1S/C24H28N2O6.C2H6/c1-24(2,3)32-23(29)26(31-17-18-9-5-4-6-10-18)14-16-30-15-13-25-21(27)19-11-7-8-12-20(19)22(25)28;1-2/h4-12H,13-17H2,1-3H3;1-2H3. The maximum Gasteiger partial charge on any atom is 0.434 e. The first-order valence-corrected chi connectivity index (χ1v) is 11.5. The molecule has 34 heavy (non-hydrogen) atoms. The minimum Gasteiger partial charge on any atom is -0.442 e. The van der Waals surface area contributed by atoms with E-state index in [1.807, 2.05) is 44.2 Å². The Morgan fingerprint density at radius 3 is 2.00 bits per heavy atom. The summed E-state index contributed by atoms with van der Waals surface area (Å²) in [6.07, 6.45) is -0.614. The lowest BCUT2D eigenvalue weighted by Gasteiger charge is -2.26. The third-order valence-corrected chi connectivity index (χ3v) is 4.60. The maximum absolute atomic E-state index is 12.5. The Balaban J connectivity index is 0.00000199. The number of nitrogens with zero attached hydrogens (tertiary/aromatic N) is 2. The van der Waals surface area contributed by atoms with Crippen LogP contribution in [-0.2, 0) is 20.9 Å². The third-order valence-electron chi connectivity index (χ3n) is 4.60. The second-order valence-electron chi connectivity index (χ2n) is 8.26. The van der Waals surface area contributed by atoms with Crippen molar-refractivity contribution in [1.29, 1.82) is 0 Å². The molecule has 8 heteroatoms. The Hall–Kier alpha value is -3.23. The molecule has 8 nitrogen and oxygen atoms in total. The summed E-state index contributed by atoms with van der Waals surface area (Å²) < 4.78 is 11.0. The van der Waals surface area contributed by atoms with Gasteiger partial charge in [0.1, 0.15) is 12.2 Å². The van der Waals surface area contributed by atoms with E-state index in [1.54, 1.807) is 45.0 Å². The van der Waals surface area contributed by atoms with E-state index in [0.717, 1.165) is 10.6 Å². The fourth-order valence-corrected chi connectivity index (χ4v) is 3.10. The first-order chi connectivity index (χ1) is 16.3. The summed E-state index contributed by atoms with van der Waals surface area (Å²) in [6.45, 7) is 10.1. The van der Waals surface area contributed by atoms with Gasteiger partial charge in [0.05, 0.1) is 37.4 Å². The predicted molar refractivity (Wildman–Crippen MR) is 128 cm³/mol. The van der Waals surface area contributed by atoms with Crippen molar-refractivity contribution in [3.8, 4) is 0 Å². The number of amides is 3. The zero-order valence-electron chi connectivity index (χ0n) is 20.6. The smallest absolute Gasteiger partial charge is 0.434 e. The lowest BCUT2D eigenvalue weighted by molar-refractivity contribution is -0.162. The average molecular weight is 471 g/mol. The molecule has 0 aromatic heterocycles. The summed E-state index contributed by atoms with van der Waals surface area (Å²) in [5.74, 6) is -0.647. The Kier molecular flexibility index (Phi) is 10.2. The Morgan fingerprint density at radius 2 is 1.44 bits per heavy atom. The number of hydroxylamine groups is 2. The van der Waals surface area contributed by atoms with Crippen LogP contribution in [-0.4, -0.2) is 59.8 Å². The maximum atomic E-state index is 12.5. The van der Waals surface area contributed by atoms with Crippen molar-refractivity contribution in [1.82, 2.24) is 9.96 Å². The lowest BCUT2D eigenvalue weighted by atomic mass is 10.1. The minimum absolute atomic E-state index is 0.129. The van der Waals surface area contributed by atoms with Crippen molar-refractivity contribution < 1.29 is 28.7 Å². The number of carbonyl (C=O) groups excluding carboxylic acids is 3. The number of ether oxygens (including phenoxy) is 2. The van der Waals surface area contributed by atoms with Crippen molar-refractivity contribution in [2.75, 3.05) is 26.3 Å². The molecule has 1 heterocycles. The van der Waals surface area contributed by atoms with E-state index < -0.39 is 11.7 Å². The van der Waals surface area contributed by atoms with Crippen LogP contribution in [0.3, 0.4) is 0 Å². The third kappa shape index (κ3) is 7.67. The molecular formula is C26H34N2O6. The van der Waals surface area contributed by atoms with Crippen molar-refractivity contribution in [2.45, 2.75) is 46.8 Å². The highest BCUT2D eigenvalue weighted by molar-refractivity contribution is 6.21. The van der Waals surface area contributed by atoms with E-state index in [1.165, 1.54) is 4.90 Å². The molecule has 0 spiro atoms. The quantitative estimate of drug-likeness (QED) is 0.300. The zero-order valence-corrected chi connectivity index (χ0v) is 20.6. The number of imide groups is 1. The SMILES string of the molecule is CC.CC(C)(C)OC(=O)N(CCOCCN1C(=O)c2ccccc2C1=O)OCc1ccccc1. The van der Waals surface area contributed by atoms with Crippen LogP contribution in [0, 0.1) is 0 Å². The molecule has 0 atom stereocenters. The molecule has 3 rings (SSSR count). The van der Waals surface area contributed by atoms with E-state index in [9.17, 15) is 14.4 Å². The number of rotatable bonds is 9. The zero-order chi connectivity index (χ0) is 25.1. The first-order valence-electron chi connectivity index (χ1n) is 11.5. The summed E-state index contributed by atoms with van der Waals surface area (Å²) in [4.78, 5) is 44.1. The molecule has 3 amide bonds. The van der Waals surface area contributed by atoms with Crippen LogP contribution in [0.1, 0.15) is 60.9 Å². The highest BCUT2D eigenvalue weighted by atomic mass is 16.7. The van der Waals surface area contributed by atoms with Crippen molar-refractivity contribution in [3.05, 3.63) is 71.3 Å². The fraction of sp³-hybridized carbons (Fsp3) is 0.423. The summed E-state index contributed by atoms with van der Waals surface area (Å²) in [7, 11) is 0. The Morgan fingerprint density at radius 1 is 0.882 bits per heavy atom. The summed E-state index contributed by atoms with van der Waals surface area (Å²) in [5, 5.41) is 1.13. The molecule has 1 aliphatic rings. The van der Waals surface area contributed by atoms with Crippen LogP contribution in [0.2, 0.25) is 0 Å². The molecule has 184 valence electrons. The van der Waals surface area contributed by atoms with Gasteiger partial charge in [-0.15, -0.1) is 0 Å². The van der Waals surface area contributed by atoms with Gasteiger partial charge in [-0.2, -0.15) is 5.06 Å². The number of fused-ring (bicyclic) bond motifs is 1. The van der Waals surface area contributed by atoms with Gasteiger partial charge in [-0.25, -0.2) is 4.79 Å². The van der Waals surface area contributed by atoms with Gasteiger partial charge in [-0.3, -0.25) is 19.3 Å². The molecule has 2 aromatic carbocycles. The van der Waals surface area contributed by atoms with Crippen molar-refractivity contribution in [3.63, 3.8) is 0 Å². The van der Waals surface area contributed by atoms with E-state index in [2.05, 4.69) is 0 Å². The van der Waals surface area contributed by atoms with Crippen LogP contribution in [0.25, 0.3) is 0 Å². The molecule has 0 radical (unpaired) electrons. The molecule has 0 saturated carbocycles. The highest BCUT2D eigenvalue weighted by Crippen LogP contribution is 2.22. The Labute approximate surface area is 201 Å². The topological polar surface area (TPSA) is 85.4 Å².